The maximum Gasteiger partial charge on any atom is 0.337 e. The van der Waals surface area contributed by atoms with Crippen molar-refractivity contribution in [3.05, 3.63) is 57.2 Å². The van der Waals surface area contributed by atoms with Crippen LogP contribution in [0.3, 0.4) is 0 Å². The number of benzene rings is 2. The highest BCUT2D eigenvalue weighted by Gasteiger charge is 2.10. The molecule has 2 aromatic rings. The Morgan fingerprint density at radius 3 is 2.56 bits per heavy atom. The molecule has 0 spiro atoms. The van der Waals surface area contributed by atoms with Crippen LogP contribution in [-0.2, 0) is 0 Å². The fourth-order valence-electron chi connectivity index (χ4n) is 1.66. The van der Waals surface area contributed by atoms with E-state index < -0.39 is 5.97 Å². The number of aromatic carboxylic acids is 1. The van der Waals surface area contributed by atoms with Crippen molar-refractivity contribution >= 4 is 39.9 Å². The molecule has 0 radical (unpaired) electrons. The van der Waals surface area contributed by atoms with Crippen molar-refractivity contribution in [2.75, 3.05) is 5.32 Å². The van der Waals surface area contributed by atoms with Gasteiger partial charge in [-0.25, -0.2) is 4.79 Å². The average Bonchev–Trinajstić information content (AvgIpc) is 2.32. The second kappa shape index (κ2) is 5.39. The lowest BCUT2D eigenvalue weighted by Crippen LogP contribution is -2.03. The van der Waals surface area contributed by atoms with Crippen LogP contribution >= 0.6 is 22.6 Å². The van der Waals surface area contributed by atoms with Crippen LogP contribution in [0.5, 0.6) is 0 Å². The van der Waals surface area contributed by atoms with Crippen molar-refractivity contribution in [2.24, 2.45) is 0 Å². The Balaban J connectivity index is 2.42. The molecule has 0 bridgehead atoms. The fraction of sp³-hybridized carbons (Fsp3) is 0.0714. The highest BCUT2D eigenvalue weighted by Crippen LogP contribution is 2.25. The SMILES string of the molecule is Cc1ccc(C(=O)O)c(Nc2ccccc2I)c1. The van der Waals surface area contributed by atoms with E-state index in [1.54, 1.807) is 12.1 Å². The van der Waals surface area contributed by atoms with Gasteiger partial charge in [-0.3, -0.25) is 0 Å². The van der Waals surface area contributed by atoms with E-state index >= 15 is 0 Å². The van der Waals surface area contributed by atoms with E-state index in [0.717, 1.165) is 14.8 Å². The monoisotopic (exact) mass is 353 g/mol. The Morgan fingerprint density at radius 2 is 1.89 bits per heavy atom. The van der Waals surface area contributed by atoms with Crippen LogP contribution < -0.4 is 5.32 Å². The largest absolute Gasteiger partial charge is 0.478 e. The van der Waals surface area contributed by atoms with Crippen LogP contribution in [0.1, 0.15) is 15.9 Å². The first kappa shape index (κ1) is 12.9. The van der Waals surface area contributed by atoms with E-state index in [2.05, 4.69) is 27.9 Å². The van der Waals surface area contributed by atoms with Gasteiger partial charge >= 0.3 is 5.97 Å². The topological polar surface area (TPSA) is 49.3 Å². The van der Waals surface area contributed by atoms with Crippen molar-refractivity contribution in [3.63, 3.8) is 0 Å². The quantitative estimate of drug-likeness (QED) is 0.819. The minimum atomic E-state index is -0.927. The Labute approximate surface area is 119 Å². The summed E-state index contributed by atoms with van der Waals surface area (Å²) in [7, 11) is 0. The molecule has 2 rings (SSSR count). The highest BCUT2D eigenvalue weighted by molar-refractivity contribution is 14.1. The standard InChI is InChI=1S/C14H12INO2/c1-9-6-7-10(14(17)18)13(8-9)16-12-5-3-2-4-11(12)15/h2-8,16H,1H3,(H,17,18). The summed E-state index contributed by atoms with van der Waals surface area (Å²) in [6.07, 6.45) is 0. The molecule has 4 heteroatoms. The summed E-state index contributed by atoms with van der Waals surface area (Å²) in [6, 6.07) is 13.0. The summed E-state index contributed by atoms with van der Waals surface area (Å²) >= 11 is 2.21. The van der Waals surface area contributed by atoms with E-state index in [0.29, 0.717) is 5.69 Å². The molecule has 2 N–H and O–H groups in total. The molecule has 0 aromatic heterocycles. The molecule has 0 amide bonds. The number of hydrogen-bond acceptors (Lipinski definition) is 2. The third kappa shape index (κ3) is 2.81. The molecule has 0 atom stereocenters. The second-order valence-electron chi connectivity index (χ2n) is 3.96. The van der Waals surface area contributed by atoms with Crippen molar-refractivity contribution < 1.29 is 9.90 Å². The van der Waals surface area contributed by atoms with Gasteiger partial charge in [0.2, 0.25) is 0 Å². The van der Waals surface area contributed by atoms with Crippen molar-refractivity contribution in [1.82, 2.24) is 0 Å². The molecule has 0 aliphatic rings. The number of nitrogens with one attached hydrogen (secondary N) is 1. The average molecular weight is 353 g/mol. The lowest BCUT2D eigenvalue weighted by atomic mass is 10.1. The zero-order chi connectivity index (χ0) is 13.1. The Morgan fingerprint density at radius 1 is 1.17 bits per heavy atom. The lowest BCUT2D eigenvalue weighted by Gasteiger charge is -2.11. The first-order valence-corrected chi connectivity index (χ1v) is 6.51. The molecule has 0 unspecified atom stereocenters. The van der Waals surface area contributed by atoms with E-state index in [9.17, 15) is 4.79 Å². The summed E-state index contributed by atoms with van der Waals surface area (Å²) < 4.78 is 1.05. The summed E-state index contributed by atoms with van der Waals surface area (Å²) in [5, 5.41) is 12.3. The van der Waals surface area contributed by atoms with Gasteiger partial charge in [0, 0.05) is 3.57 Å². The number of anilines is 2. The molecule has 92 valence electrons. The fourth-order valence-corrected chi connectivity index (χ4v) is 2.18. The molecule has 2 aromatic carbocycles. The number of carboxylic acid groups (broad SMARTS) is 1. The van der Waals surface area contributed by atoms with Gasteiger partial charge in [-0.2, -0.15) is 0 Å². The van der Waals surface area contributed by atoms with Crippen LogP contribution in [0, 0.1) is 10.5 Å². The van der Waals surface area contributed by atoms with Gasteiger partial charge in [0.15, 0.2) is 0 Å². The maximum absolute atomic E-state index is 11.2. The van der Waals surface area contributed by atoms with E-state index in [4.69, 9.17) is 5.11 Å². The number of carbonyl (C=O) groups is 1. The molecule has 18 heavy (non-hydrogen) atoms. The minimum absolute atomic E-state index is 0.278. The minimum Gasteiger partial charge on any atom is -0.478 e. The molecule has 3 nitrogen and oxygen atoms in total. The lowest BCUT2D eigenvalue weighted by molar-refractivity contribution is 0.0698. The first-order valence-electron chi connectivity index (χ1n) is 5.43. The third-order valence-electron chi connectivity index (χ3n) is 2.55. The first-order chi connectivity index (χ1) is 8.58. The van der Waals surface area contributed by atoms with Gasteiger partial charge in [0.25, 0.3) is 0 Å². The number of aryl methyl sites for hydroxylation is 1. The Hall–Kier alpha value is -1.56. The number of para-hydroxylation sites is 1. The summed E-state index contributed by atoms with van der Waals surface area (Å²) in [6.45, 7) is 1.94. The van der Waals surface area contributed by atoms with Gasteiger partial charge in [0.1, 0.15) is 0 Å². The zero-order valence-electron chi connectivity index (χ0n) is 9.77. The van der Waals surface area contributed by atoms with Crippen molar-refractivity contribution in [1.29, 1.82) is 0 Å². The summed E-state index contributed by atoms with van der Waals surface area (Å²) in [5.74, 6) is -0.927. The van der Waals surface area contributed by atoms with Crippen molar-refractivity contribution in [3.8, 4) is 0 Å². The van der Waals surface area contributed by atoms with E-state index in [1.807, 2.05) is 37.3 Å². The normalized spacial score (nSPS) is 10.1. The molecular weight excluding hydrogens is 341 g/mol. The van der Waals surface area contributed by atoms with Crippen LogP contribution in [0.4, 0.5) is 11.4 Å². The zero-order valence-corrected chi connectivity index (χ0v) is 11.9. The smallest absolute Gasteiger partial charge is 0.337 e. The molecule has 0 saturated carbocycles. The van der Waals surface area contributed by atoms with Crippen LogP contribution in [0.2, 0.25) is 0 Å². The molecule has 0 aliphatic heterocycles. The molecule has 0 fully saturated rings. The second-order valence-corrected chi connectivity index (χ2v) is 5.12. The predicted molar refractivity (Wildman–Crippen MR) is 80.6 cm³/mol. The van der Waals surface area contributed by atoms with E-state index in [1.165, 1.54) is 0 Å². The van der Waals surface area contributed by atoms with Crippen LogP contribution in [-0.4, -0.2) is 11.1 Å². The maximum atomic E-state index is 11.2. The predicted octanol–water partition coefficient (Wildman–Crippen LogP) is 4.04. The Bertz CT molecular complexity index is 596. The van der Waals surface area contributed by atoms with Gasteiger partial charge in [-0.05, 0) is 59.3 Å². The molecule has 0 aliphatic carbocycles. The number of halogens is 1. The number of carboxylic acids is 1. The number of hydrogen-bond donors (Lipinski definition) is 2. The van der Waals surface area contributed by atoms with Gasteiger partial charge < -0.3 is 10.4 Å². The third-order valence-corrected chi connectivity index (χ3v) is 3.49. The molecular formula is C14H12INO2. The number of rotatable bonds is 3. The molecule has 0 heterocycles. The summed E-state index contributed by atoms with van der Waals surface area (Å²) in [5.41, 5.74) is 2.83. The summed E-state index contributed by atoms with van der Waals surface area (Å²) in [4.78, 5) is 11.2. The van der Waals surface area contributed by atoms with Gasteiger partial charge in [-0.1, -0.05) is 18.2 Å². The Kier molecular flexibility index (Phi) is 3.86. The van der Waals surface area contributed by atoms with E-state index in [-0.39, 0.29) is 5.56 Å². The van der Waals surface area contributed by atoms with Crippen molar-refractivity contribution in [2.45, 2.75) is 6.92 Å². The van der Waals surface area contributed by atoms with Crippen LogP contribution in [0.15, 0.2) is 42.5 Å². The van der Waals surface area contributed by atoms with Gasteiger partial charge in [-0.15, -0.1) is 0 Å². The van der Waals surface area contributed by atoms with Crippen LogP contribution in [0.25, 0.3) is 0 Å². The highest BCUT2D eigenvalue weighted by atomic mass is 127. The van der Waals surface area contributed by atoms with Gasteiger partial charge in [0.05, 0.1) is 16.9 Å². The molecule has 0 saturated heterocycles.